The molecule has 0 N–H and O–H groups in total. The van der Waals surface area contributed by atoms with Gasteiger partial charge in [0.1, 0.15) is 4.87 Å². The van der Waals surface area contributed by atoms with Gasteiger partial charge < -0.3 is 0 Å². The quantitative estimate of drug-likeness (QED) is 0.316. The standard InChI is InChI=1S/C28H20ClNOS/c29-24-16-8-7-11-21(24)19-20-28(23-14-5-2-6-15-23)30(25-17-9-10-18-26(25)32-28)27(31)22-12-3-1-4-13-22/h1-20H. The van der Waals surface area contributed by atoms with Crippen LogP contribution in [0.5, 0.6) is 0 Å². The molecule has 0 saturated heterocycles. The van der Waals surface area contributed by atoms with Crippen molar-refractivity contribution in [3.05, 3.63) is 137 Å². The number of carbonyl (C=O) groups excluding carboxylic acids is 1. The topological polar surface area (TPSA) is 20.3 Å². The van der Waals surface area contributed by atoms with Crippen LogP contribution in [0.4, 0.5) is 5.69 Å². The molecule has 0 spiro atoms. The molecule has 4 heteroatoms. The van der Waals surface area contributed by atoms with Crippen LogP contribution in [0, 0.1) is 0 Å². The van der Waals surface area contributed by atoms with Crippen LogP contribution in [0.2, 0.25) is 5.02 Å². The minimum absolute atomic E-state index is 0.0456. The maximum atomic E-state index is 13.9. The van der Waals surface area contributed by atoms with Crippen LogP contribution < -0.4 is 4.90 Å². The molecule has 0 saturated carbocycles. The first-order valence-corrected chi connectivity index (χ1v) is 11.6. The molecule has 1 atom stereocenters. The highest BCUT2D eigenvalue weighted by Gasteiger charge is 2.47. The first-order chi connectivity index (χ1) is 15.7. The summed E-state index contributed by atoms with van der Waals surface area (Å²) in [4.78, 5) is 16.1. The van der Waals surface area contributed by atoms with Gasteiger partial charge in [-0.25, -0.2) is 0 Å². The monoisotopic (exact) mass is 453 g/mol. The maximum absolute atomic E-state index is 13.9. The number of fused-ring (bicyclic) bond motifs is 1. The predicted molar refractivity (Wildman–Crippen MR) is 134 cm³/mol. The van der Waals surface area contributed by atoms with Crippen molar-refractivity contribution in [3.63, 3.8) is 0 Å². The molecule has 4 aromatic carbocycles. The van der Waals surface area contributed by atoms with E-state index < -0.39 is 4.87 Å². The van der Waals surface area contributed by atoms with Crippen LogP contribution >= 0.6 is 23.4 Å². The average molecular weight is 454 g/mol. The van der Waals surface area contributed by atoms with Crippen LogP contribution in [0.15, 0.2) is 120 Å². The van der Waals surface area contributed by atoms with Crippen molar-refractivity contribution in [2.45, 2.75) is 9.77 Å². The molecule has 5 rings (SSSR count). The second-order valence-corrected chi connectivity index (χ2v) is 9.17. The van der Waals surface area contributed by atoms with Gasteiger partial charge in [-0.3, -0.25) is 9.69 Å². The van der Waals surface area contributed by atoms with E-state index in [4.69, 9.17) is 11.6 Å². The first kappa shape index (κ1) is 20.6. The van der Waals surface area contributed by atoms with E-state index in [1.54, 1.807) is 11.8 Å². The molecule has 0 aliphatic carbocycles. The Balaban J connectivity index is 1.72. The Morgan fingerprint density at radius 1 is 0.781 bits per heavy atom. The zero-order valence-electron chi connectivity index (χ0n) is 17.2. The number of halogens is 1. The summed E-state index contributed by atoms with van der Waals surface area (Å²) >= 11 is 8.11. The smallest absolute Gasteiger partial charge is 0.260 e. The lowest BCUT2D eigenvalue weighted by molar-refractivity contribution is 0.0978. The molecule has 1 aliphatic heterocycles. The zero-order chi connectivity index (χ0) is 22.0. The molecule has 0 bridgehead atoms. The number of carbonyl (C=O) groups is 1. The molecule has 2 nitrogen and oxygen atoms in total. The molecule has 4 aromatic rings. The number of hydrogen-bond donors (Lipinski definition) is 0. The fraction of sp³-hybridized carbons (Fsp3) is 0.0357. The fourth-order valence-corrected chi connectivity index (χ4v) is 5.58. The first-order valence-electron chi connectivity index (χ1n) is 10.4. The van der Waals surface area contributed by atoms with E-state index in [0.717, 1.165) is 21.7 Å². The van der Waals surface area contributed by atoms with Gasteiger partial charge in [-0.2, -0.15) is 0 Å². The summed E-state index contributed by atoms with van der Waals surface area (Å²) in [7, 11) is 0. The molecule has 32 heavy (non-hydrogen) atoms. The summed E-state index contributed by atoms with van der Waals surface area (Å²) in [6.45, 7) is 0. The van der Waals surface area contributed by atoms with Crippen molar-refractivity contribution in [1.82, 2.24) is 0 Å². The summed E-state index contributed by atoms with van der Waals surface area (Å²) in [5, 5.41) is 0.674. The normalized spacial score (nSPS) is 17.5. The van der Waals surface area contributed by atoms with Crippen molar-refractivity contribution in [1.29, 1.82) is 0 Å². The number of thioether (sulfide) groups is 1. The minimum Gasteiger partial charge on any atom is -0.284 e. The van der Waals surface area contributed by atoms with Crippen LogP contribution in [-0.2, 0) is 4.87 Å². The largest absolute Gasteiger partial charge is 0.284 e. The number of nitrogens with zero attached hydrogens (tertiary/aromatic N) is 1. The van der Waals surface area contributed by atoms with E-state index in [2.05, 4.69) is 24.3 Å². The Hall–Kier alpha value is -3.27. The highest BCUT2D eigenvalue weighted by molar-refractivity contribution is 8.01. The second kappa shape index (κ2) is 8.70. The molecule has 0 radical (unpaired) electrons. The molecule has 1 unspecified atom stereocenters. The third kappa shape index (κ3) is 3.64. The number of benzene rings is 4. The van der Waals surface area contributed by atoms with Gasteiger partial charge in [0.25, 0.3) is 5.91 Å². The summed E-state index contributed by atoms with van der Waals surface area (Å²) in [6, 6.07) is 35.4. The number of rotatable bonds is 4. The van der Waals surface area contributed by atoms with Crippen molar-refractivity contribution in [2.24, 2.45) is 0 Å². The Kier molecular flexibility index (Phi) is 5.60. The number of para-hydroxylation sites is 1. The van der Waals surface area contributed by atoms with Gasteiger partial charge in [0.2, 0.25) is 0 Å². The van der Waals surface area contributed by atoms with Crippen LogP contribution in [-0.4, -0.2) is 5.91 Å². The number of anilines is 1. The predicted octanol–water partition coefficient (Wildman–Crippen LogP) is 7.66. The third-order valence-electron chi connectivity index (χ3n) is 5.51. The second-order valence-electron chi connectivity index (χ2n) is 7.49. The van der Waals surface area contributed by atoms with E-state index in [0.29, 0.717) is 10.6 Å². The van der Waals surface area contributed by atoms with Gasteiger partial charge in [0.15, 0.2) is 0 Å². The average Bonchev–Trinajstić information content (AvgIpc) is 3.19. The summed E-state index contributed by atoms with van der Waals surface area (Å²) in [5.74, 6) is -0.0456. The van der Waals surface area contributed by atoms with Crippen LogP contribution in [0.1, 0.15) is 21.5 Å². The molecule has 156 valence electrons. The SMILES string of the molecule is O=C(c1ccccc1)N1c2ccccc2SC1(C=Cc1ccccc1Cl)c1ccccc1. The fourth-order valence-electron chi connectivity index (χ4n) is 3.97. The van der Waals surface area contributed by atoms with E-state index >= 15 is 0 Å². The van der Waals surface area contributed by atoms with Crippen molar-refractivity contribution < 1.29 is 4.79 Å². The highest BCUT2D eigenvalue weighted by Crippen LogP contribution is 2.57. The van der Waals surface area contributed by atoms with Gasteiger partial charge in [-0.05, 0) is 47.5 Å². The van der Waals surface area contributed by atoms with E-state index in [-0.39, 0.29) is 5.91 Å². The number of hydrogen-bond acceptors (Lipinski definition) is 2. The van der Waals surface area contributed by atoms with Gasteiger partial charge in [0, 0.05) is 15.5 Å². The van der Waals surface area contributed by atoms with E-state index in [9.17, 15) is 4.79 Å². The van der Waals surface area contributed by atoms with Gasteiger partial charge in [0.05, 0.1) is 5.69 Å². The minimum atomic E-state index is -0.753. The lowest BCUT2D eigenvalue weighted by Gasteiger charge is -2.36. The molecular formula is C28H20ClNOS. The molecule has 1 aliphatic rings. The highest BCUT2D eigenvalue weighted by atomic mass is 35.5. The Morgan fingerprint density at radius 2 is 1.41 bits per heavy atom. The summed E-state index contributed by atoms with van der Waals surface area (Å²) < 4.78 is 0. The lowest BCUT2D eigenvalue weighted by Crippen LogP contribution is -2.43. The molecule has 1 amide bonds. The van der Waals surface area contributed by atoms with Gasteiger partial charge in [-0.15, -0.1) is 0 Å². The van der Waals surface area contributed by atoms with E-state index in [1.807, 2.05) is 102 Å². The van der Waals surface area contributed by atoms with Crippen molar-refractivity contribution in [2.75, 3.05) is 4.90 Å². The summed E-state index contributed by atoms with van der Waals surface area (Å²) in [6.07, 6.45) is 4.11. The number of amides is 1. The van der Waals surface area contributed by atoms with Crippen molar-refractivity contribution >= 4 is 41.0 Å². The maximum Gasteiger partial charge on any atom is 0.260 e. The van der Waals surface area contributed by atoms with Gasteiger partial charge in [-0.1, -0.05) is 108 Å². The lowest BCUT2D eigenvalue weighted by atomic mass is 10.0. The van der Waals surface area contributed by atoms with Crippen molar-refractivity contribution in [3.8, 4) is 0 Å². The Bertz CT molecular complexity index is 1290. The van der Waals surface area contributed by atoms with Crippen LogP contribution in [0.3, 0.4) is 0 Å². The third-order valence-corrected chi connectivity index (χ3v) is 7.28. The zero-order valence-corrected chi connectivity index (χ0v) is 18.8. The van der Waals surface area contributed by atoms with E-state index in [1.165, 1.54) is 0 Å². The Morgan fingerprint density at radius 3 is 2.16 bits per heavy atom. The molecule has 0 aromatic heterocycles. The van der Waals surface area contributed by atoms with Crippen LogP contribution in [0.25, 0.3) is 6.08 Å². The Labute approximate surface area is 197 Å². The molecule has 1 heterocycles. The molecular weight excluding hydrogens is 434 g/mol. The molecule has 0 fully saturated rings. The summed E-state index contributed by atoms with van der Waals surface area (Å²) in [5.41, 5.74) is 3.48. The van der Waals surface area contributed by atoms with Gasteiger partial charge >= 0.3 is 0 Å².